The number of anilines is 1. The summed E-state index contributed by atoms with van der Waals surface area (Å²) in [6.45, 7) is 1.24. The molecule has 2 rings (SSSR count). The molecule has 2 aromatic rings. The van der Waals surface area contributed by atoms with Gasteiger partial charge in [-0.05, 0) is 48.9 Å². The summed E-state index contributed by atoms with van der Waals surface area (Å²) >= 11 is 6.09. The number of halogens is 1. The lowest BCUT2D eigenvalue weighted by molar-refractivity contribution is 0.106. The zero-order chi connectivity index (χ0) is 19.0. The predicted octanol–water partition coefficient (Wildman–Crippen LogP) is 2.28. The fourth-order valence-corrected chi connectivity index (χ4v) is 3.07. The molecule has 0 saturated carbocycles. The van der Waals surface area contributed by atoms with E-state index < -0.39 is 16.1 Å². The summed E-state index contributed by atoms with van der Waals surface area (Å²) in [5, 5.41) is 13.9. The Hall–Kier alpha value is -1.80. The Morgan fingerprint density at radius 2 is 1.85 bits per heavy atom. The van der Waals surface area contributed by atoms with Crippen molar-refractivity contribution < 1.29 is 18.3 Å². The van der Waals surface area contributed by atoms with Crippen molar-refractivity contribution >= 4 is 27.3 Å². The highest BCUT2D eigenvalue weighted by Crippen LogP contribution is 2.17. The SMILES string of the molecule is CS(=O)(=O)Nc1ccc(OC[C@@H](O)CNCCc2ccccc2Cl)cc1. The molecule has 3 N–H and O–H groups in total. The zero-order valence-electron chi connectivity index (χ0n) is 14.5. The molecule has 1 atom stereocenters. The summed E-state index contributed by atoms with van der Waals surface area (Å²) in [6, 6.07) is 14.2. The fourth-order valence-electron chi connectivity index (χ4n) is 2.28. The van der Waals surface area contributed by atoms with E-state index in [0.29, 0.717) is 24.5 Å². The van der Waals surface area contributed by atoms with E-state index in [1.165, 1.54) is 0 Å². The van der Waals surface area contributed by atoms with E-state index in [9.17, 15) is 13.5 Å². The molecular formula is C18H23ClN2O4S. The number of hydrogen-bond donors (Lipinski definition) is 3. The van der Waals surface area contributed by atoms with Crippen LogP contribution in [0.1, 0.15) is 5.56 Å². The van der Waals surface area contributed by atoms with Gasteiger partial charge in [-0.25, -0.2) is 8.42 Å². The maximum atomic E-state index is 11.1. The molecule has 26 heavy (non-hydrogen) atoms. The van der Waals surface area contributed by atoms with Gasteiger partial charge in [0.1, 0.15) is 18.5 Å². The van der Waals surface area contributed by atoms with Crippen molar-refractivity contribution in [1.82, 2.24) is 5.32 Å². The third-order valence-electron chi connectivity index (χ3n) is 3.51. The van der Waals surface area contributed by atoms with Crippen LogP contribution in [-0.4, -0.2) is 45.6 Å². The molecule has 0 fully saturated rings. The summed E-state index contributed by atoms with van der Waals surface area (Å²) in [5.41, 5.74) is 1.52. The van der Waals surface area contributed by atoms with Crippen LogP contribution in [0.5, 0.6) is 5.75 Å². The molecule has 0 spiro atoms. The highest BCUT2D eigenvalue weighted by Gasteiger charge is 2.06. The van der Waals surface area contributed by atoms with Crippen molar-refractivity contribution in [2.45, 2.75) is 12.5 Å². The number of rotatable bonds is 10. The number of aliphatic hydroxyl groups excluding tert-OH is 1. The third-order valence-corrected chi connectivity index (χ3v) is 4.48. The minimum atomic E-state index is -3.30. The van der Waals surface area contributed by atoms with Crippen LogP contribution < -0.4 is 14.8 Å². The molecule has 0 aliphatic rings. The molecule has 0 bridgehead atoms. The lowest BCUT2D eigenvalue weighted by Crippen LogP contribution is -2.32. The van der Waals surface area contributed by atoms with E-state index in [0.717, 1.165) is 23.3 Å². The number of sulfonamides is 1. The number of nitrogens with one attached hydrogen (secondary N) is 2. The third kappa shape index (κ3) is 7.61. The van der Waals surface area contributed by atoms with Gasteiger partial charge in [0.25, 0.3) is 0 Å². The molecule has 8 heteroatoms. The van der Waals surface area contributed by atoms with Gasteiger partial charge >= 0.3 is 0 Å². The van der Waals surface area contributed by atoms with E-state index in [1.807, 2.05) is 24.3 Å². The van der Waals surface area contributed by atoms with Crippen LogP contribution in [0.25, 0.3) is 0 Å². The molecule has 0 unspecified atom stereocenters. The van der Waals surface area contributed by atoms with Gasteiger partial charge in [-0.1, -0.05) is 29.8 Å². The average Bonchev–Trinajstić information content (AvgIpc) is 2.58. The highest BCUT2D eigenvalue weighted by molar-refractivity contribution is 7.92. The van der Waals surface area contributed by atoms with Crippen LogP contribution in [0.15, 0.2) is 48.5 Å². The Balaban J connectivity index is 1.67. The molecule has 2 aromatic carbocycles. The van der Waals surface area contributed by atoms with Gasteiger partial charge in [0.15, 0.2) is 0 Å². The first-order valence-corrected chi connectivity index (χ1v) is 10.4. The molecule has 0 heterocycles. The molecule has 0 saturated heterocycles. The highest BCUT2D eigenvalue weighted by atomic mass is 35.5. The second-order valence-electron chi connectivity index (χ2n) is 5.91. The smallest absolute Gasteiger partial charge is 0.229 e. The van der Waals surface area contributed by atoms with Gasteiger partial charge in [0, 0.05) is 17.3 Å². The molecule has 0 radical (unpaired) electrons. The predicted molar refractivity (Wildman–Crippen MR) is 104 cm³/mol. The van der Waals surface area contributed by atoms with Gasteiger partial charge < -0.3 is 15.2 Å². The van der Waals surface area contributed by atoms with Crippen molar-refractivity contribution in [3.05, 3.63) is 59.1 Å². The maximum absolute atomic E-state index is 11.1. The molecule has 142 valence electrons. The van der Waals surface area contributed by atoms with Gasteiger partial charge in [0.2, 0.25) is 10.0 Å². The Kier molecular flexibility index (Phi) is 7.71. The van der Waals surface area contributed by atoms with Crippen LogP contribution in [0.4, 0.5) is 5.69 Å². The number of ether oxygens (including phenoxy) is 1. The van der Waals surface area contributed by atoms with Crippen molar-refractivity contribution in [1.29, 1.82) is 0 Å². The van der Waals surface area contributed by atoms with Crippen LogP contribution in [-0.2, 0) is 16.4 Å². The Bertz CT molecular complexity index is 797. The van der Waals surface area contributed by atoms with Crippen molar-refractivity contribution in [2.24, 2.45) is 0 Å². The molecule has 0 aliphatic carbocycles. The Morgan fingerprint density at radius 3 is 2.50 bits per heavy atom. The second-order valence-corrected chi connectivity index (χ2v) is 8.06. The summed E-state index contributed by atoms with van der Waals surface area (Å²) in [6.07, 6.45) is 1.21. The summed E-state index contributed by atoms with van der Waals surface area (Å²) in [5.74, 6) is 0.555. The minimum Gasteiger partial charge on any atom is -0.491 e. The minimum absolute atomic E-state index is 0.137. The van der Waals surface area contributed by atoms with Crippen molar-refractivity contribution in [3.63, 3.8) is 0 Å². The Morgan fingerprint density at radius 1 is 1.15 bits per heavy atom. The van der Waals surface area contributed by atoms with E-state index in [4.69, 9.17) is 16.3 Å². The van der Waals surface area contributed by atoms with Crippen molar-refractivity contribution in [2.75, 3.05) is 30.7 Å². The number of hydrogen-bond acceptors (Lipinski definition) is 5. The summed E-state index contributed by atoms with van der Waals surface area (Å²) < 4.78 is 30.2. The standard InChI is InChI=1S/C18H23ClN2O4S/c1-26(23,24)21-15-6-8-17(9-7-15)25-13-16(22)12-20-11-10-14-4-2-3-5-18(14)19/h2-9,16,20-22H,10-13H2,1H3/t16-/m0/s1. The first-order chi connectivity index (χ1) is 12.3. The quantitative estimate of drug-likeness (QED) is 0.534. The fraction of sp³-hybridized carbons (Fsp3) is 0.333. The molecule has 0 aliphatic heterocycles. The molecule has 0 amide bonds. The largest absolute Gasteiger partial charge is 0.491 e. The monoisotopic (exact) mass is 398 g/mol. The summed E-state index contributed by atoms with van der Waals surface area (Å²) in [4.78, 5) is 0. The van der Waals surface area contributed by atoms with Gasteiger partial charge in [-0.15, -0.1) is 0 Å². The maximum Gasteiger partial charge on any atom is 0.229 e. The van der Waals surface area contributed by atoms with Crippen LogP contribution in [0, 0.1) is 0 Å². The van der Waals surface area contributed by atoms with E-state index in [1.54, 1.807) is 24.3 Å². The molecular weight excluding hydrogens is 376 g/mol. The van der Waals surface area contributed by atoms with E-state index in [-0.39, 0.29) is 6.61 Å². The van der Waals surface area contributed by atoms with Crippen LogP contribution >= 0.6 is 11.6 Å². The van der Waals surface area contributed by atoms with Crippen molar-refractivity contribution in [3.8, 4) is 5.75 Å². The van der Waals surface area contributed by atoms with Crippen LogP contribution in [0.3, 0.4) is 0 Å². The van der Waals surface area contributed by atoms with Gasteiger partial charge in [-0.3, -0.25) is 4.72 Å². The molecule has 6 nitrogen and oxygen atoms in total. The number of benzene rings is 2. The van der Waals surface area contributed by atoms with Crippen LogP contribution in [0.2, 0.25) is 5.02 Å². The number of aliphatic hydroxyl groups is 1. The Labute approximate surface area is 159 Å². The summed E-state index contributed by atoms with van der Waals surface area (Å²) in [7, 11) is -3.30. The van der Waals surface area contributed by atoms with Gasteiger partial charge in [-0.2, -0.15) is 0 Å². The first-order valence-electron chi connectivity index (χ1n) is 8.16. The zero-order valence-corrected chi connectivity index (χ0v) is 16.1. The van der Waals surface area contributed by atoms with Gasteiger partial charge in [0.05, 0.1) is 6.26 Å². The van der Waals surface area contributed by atoms with E-state index in [2.05, 4.69) is 10.0 Å². The average molecular weight is 399 g/mol. The lowest BCUT2D eigenvalue weighted by atomic mass is 10.1. The second kappa shape index (κ2) is 9.78. The first kappa shape index (κ1) is 20.5. The topological polar surface area (TPSA) is 87.7 Å². The lowest BCUT2D eigenvalue weighted by Gasteiger charge is -2.14. The van der Waals surface area contributed by atoms with E-state index >= 15 is 0 Å². The molecule has 0 aromatic heterocycles. The normalized spacial score (nSPS) is 12.6.